The maximum absolute atomic E-state index is 13.2. The van der Waals surface area contributed by atoms with Gasteiger partial charge in [0.2, 0.25) is 0 Å². The Labute approximate surface area is 92.6 Å². The molecule has 0 aromatic heterocycles. The van der Waals surface area contributed by atoms with E-state index in [0.717, 1.165) is 6.07 Å². The molecule has 0 unspecified atom stereocenters. The second-order valence-corrected chi connectivity index (χ2v) is 3.42. The number of hydrogen-bond donors (Lipinski definition) is 2. The summed E-state index contributed by atoms with van der Waals surface area (Å²) >= 11 is 5.57. The van der Waals surface area contributed by atoms with Gasteiger partial charge < -0.3 is 10.6 Å². The second kappa shape index (κ2) is 5.68. The highest BCUT2D eigenvalue weighted by atomic mass is 35.5. The Morgan fingerprint density at radius 3 is 2.80 bits per heavy atom. The first kappa shape index (κ1) is 11.9. The lowest BCUT2D eigenvalue weighted by atomic mass is 10.2. The van der Waals surface area contributed by atoms with Crippen molar-refractivity contribution in [3.05, 3.63) is 34.6 Å². The van der Waals surface area contributed by atoms with Crippen LogP contribution in [0.1, 0.15) is 10.4 Å². The molecule has 0 aliphatic carbocycles. The molecule has 0 saturated heterocycles. The number of carbonyl (C=O) groups is 1. The van der Waals surface area contributed by atoms with Gasteiger partial charge in [-0.1, -0.05) is 11.6 Å². The normalized spacial score (nSPS) is 10.1. The zero-order chi connectivity index (χ0) is 11.3. The summed E-state index contributed by atoms with van der Waals surface area (Å²) in [5.74, 6) is -1.04. The fourth-order valence-electron chi connectivity index (χ4n) is 1.07. The molecule has 0 saturated carbocycles. The van der Waals surface area contributed by atoms with Crippen molar-refractivity contribution < 1.29 is 9.18 Å². The zero-order valence-corrected chi connectivity index (χ0v) is 9.07. The third-order valence-electron chi connectivity index (χ3n) is 1.84. The van der Waals surface area contributed by atoms with Crippen molar-refractivity contribution in [3.63, 3.8) is 0 Å². The van der Waals surface area contributed by atoms with Crippen LogP contribution in [0, 0.1) is 5.82 Å². The molecule has 1 amide bonds. The highest BCUT2D eigenvalue weighted by molar-refractivity contribution is 6.30. The summed E-state index contributed by atoms with van der Waals surface area (Å²) in [5, 5.41) is 5.72. The fourth-order valence-corrected chi connectivity index (χ4v) is 1.23. The quantitative estimate of drug-likeness (QED) is 0.769. The number of carbonyl (C=O) groups excluding carboxylic acids is 1. The van der Waals surface area contributed by atoms with E-state index >= 15 is 0 Å². The van der Waals surface area contributed by atoms with Crippen molar-refractivity contribution >= 4 is 17.5 Å². The second-order valence-electron chi connectivity index (χ2n) is 2.98. The number of amides is 1. The molecule has 0 heterocycles. The topological polar surface area (TPSA) is 41.1 Å². The van der Waals surface area contributed by atoms with E-state index in [4.69, 9.17) is 11.6 Å². The predicted molar refractivity (Wildman–Crippen MR) is 57.7 cm³/mol. The third-order valence-corrected chi connectivity index (χ3v) is 2.07. The summed E-state index contributed by atoms with van der Waals surface area (Å²) < 4.78 is 13.2. The highest BCUT2D eigenvalue weighted by Gasteiger charge is 2.10. The highest BCUT2D eigenvalue weighted by Crippen LogP contribution is 2.14. The standard InChI is InChI=1S/C10H12ClFN2O/c1-13-4-5-14-10(15)8-3-2-7(11)6-9(8)12/h2-3,6,13H,4-5H2,1H3,(H,14,15). The Bertz CT molecular complexity index is 357. The lowest BCUT2D eigenvalue weighted by Gasteiger charge is -2.05. The molecule has 82 valence electrons. The van der Waals surface area contributed by atoms with Crippen LogP contribution >= 0.6 is 11.6 Å². The van der Waals surface area contributed by atoms with Crippen LogP contribution < -0.4 is 10.6 Å². The summed E-state index contributed by atoms with van der Waals surface area (Å²) in [5.41, 5.74) is 0.00973. The first-order valence-corrected chi connectivity index (χ1v) is 4.91. The molecule has 2 N–H and O–H groups in total. The zero-order valence-electron chi connectivity index (χ0n) is 8.31. The molecule has 1 aromatic rings. The third kappa shape index (κ3) is 3.49. The van der Waals surface area contributed by atoms with Gasteiger partial charge in [0.15, 0.2) is 0 Å². The van der Waals surface area contributed by atoms with Crippen LogP contribution in [-0.4, -0.2) is 26.0 Å². The van der Waals surface area contributed by atoms with Crippen LogP contribution in [-0.2, 0) is 0 Å². The van der Waals surface area contributed by atoms with Gasteiger partial charge in [-0.15, -0.1) is 0 Å². The molecule has 3 nitrogen and oxygen atoms in total. The first-order valence-electron chi connectivity index (χ1n) is 4.53. The molecule has 0 fully saturated rings. The largest absolute Gasteiger partial charge is 0.351 e. The predicted octanol–water partition coefficient (Wildman–Crippen LogP) is 1.43. The number of rotatable bonds is 4. The van der Waals surface area contributed by atoms with E-state index in [-0.39, 0.29) is 10.6 Å². The molecule has 0 radical (unpaired) electrons. The Morgan fingerprint density at radius 2 is 2.20 bits per heavy atom. The van der Waals surface area contributed by atoms with Gasteiger partial charge in [0.1, 0.15) is 5.82 Å². The Kier molecular flexibility index (Phi) is 4.52. The lowest BCUT2D eigenvalue weighted by molar-refractivity contribution is 0.0950. The monoisotopic (exact) mass is 230 g/mol. The number of nitrogens with one attached hydrogen (secondary N) is 2. The number of likely N-dealkylation sites (N-methyl/N-ethyl adjacent to an activating group) is 1. The van der Waals surface area contributed by atoms with E-state index in [1.54, 1.807) is 7.05 Å². The molecular weight excluding hydrogens is 219 g/mol. The first-order chi connectivity index (χ1) is 7.15. The van der Waals surface area contributed by atoms with Gasteiger partial charge in [-0.3, -0.25) is 4.79 Å². The SMILES string of the molecule is CNCCNC(=O)c1ccc(Cl)cc1F. The molecule has 0 aliphatic heterocycles. The van der Waals surface area contributed by atoms with Crippen LogP contribution in [0.15, 0.2) is 18.2 Å². The number of halogens is 2. The molecule has 0 bridgehead atoms. The van der Waals surface area contributed by atoms with Crippen LogP contribution in [0.3, 0.4) is 0 Å². The molecule has 0 aliphatic rings. The van der Waals surface area contributed by atoms with E-state index < -0.39 is 11.7 Å². The minimum atomic E-state index is -0.607. The van der Waals surface area contributed by atoms with Gasteiger partial charge in [0, 0.05) is 18.1 Å². The van der Waals surface area contributed by atoms with Crippen LogP contribution in [0.25, 0.3) is 0 Å². The summed E-state index contributed by atoms with van der Waals surface area (Å²) in [4.78, 5) is 11.4. The molecule has 1 aromatic carbocycles. The smallest absolute Gasteiger partial charge is 0.254 e. The Hall–Kier alpha value is -1.13. The molecule has 0 spiro atoms. The van der Waals surface area contributed by atoms with Gasteiger partial charge in [0.05, 0.1) is 5.56 Å². The Balaban J connectivity index is 2.65. The summed E-state index contributed by atoms with van der Waals surface area (Å²) in [7, 11) is 1.77. The van der Waals surface area contributed by atoms with Crippen LogP contribution in [0.5, 0.6) is 0 Å². The van der Waals surface area contributed by atoms with E-state index in [1.165, 1.54) is 12.1 Å². The maximum atomic E-state index is 13.2. The van der Waals surface area contributed by atoms with Gasteiger partial charge in [-0.05, 0) is 25.2 Å². The number of hydrogen-bond acceptors (Lipinski definition) is 2. The Morgan fingerprint density at radius 1 is 1.47 bits per heavy atom. The van der Waals surface area contributed by atoms with Crippen molar-refractivity contribution in [1.29, 1.82) is 0 Å². The van der Waals surface area contributed by atoms with Crippen molar-refractivity contribution in [2.75, 3.05) is 20.1 Å². The van der Waals surface area contributed by atoms with Gasteiger partial charge in [-0.2, -0.15) is 0 Å². The number of benzene rings is 1. The summed E-state index contributed by atoms with van der Waals surface area (Å²) in [6.45, 7) is 1.10. The van der Waals surface area contributed by atoms with Gasteiger partial charge in [0.25, 0.3) is 5.91 Å². The molecular formula is C10H12ClFN2O. The summed E-state index contributed by atoms with van der Waals surface area (Å²) in [6.07, 6.45) is 0. The van der Waals surface area contributed by atoms with Crippen molar-refractivity contribution in [2.24, 2.45) is 0 Å². The average Bonchev–Trinajstić information content (AvgIpc) is 2.17. The van der Waals surface area contributed by atoms with Crippen molar-refractivity contribution in [3.8, 4) is 0 Å². The molecule has 5 heteroatoms. The van der Waals surface area contributed by atoms with E-state index in [0.29, 0.717) is 13.1 Å². The van der Waals surface area contributed by atoms with Crippen molar-refractivity contribution in [1.82, 2.24) is 10.6 Å². The fraction of sp³-hybridized carbons (Fsp3) is 0.300. The maximum Gasteiger partial charge on any atom is 0.254 e. The van der Waals surface area contributed by atoms with Crippen molar-refractivity contribution in [2.45, 2.75) is 0 Å². The van der Waals surface area contributed by atoms with E-state index in [9.17, 15) is 9.18 Å². The minimum Gasteiger partial charge on any atom is -0.351 e. The molecule has 1 rings (SSSR count). The van der Waals surface area contributed by atoms with E-state index in [2.05, 4.69) is 10.6 Å². The lowest BCUT2D eigenvalue weighted by Crippen LogP contribution is -2.30. The summed E-state index contributed by atoms with van der Waals surface area (Å²) in [6, 6.07) is 3.97. The molecule has 0 atom stereocenters. The van der Waals surface area contributed by atoms with Crippen LogP contribution in [0.4, 0.5) is 4.39 Å². The average molecular weight is 231 g/mol. The van der Waals surface area contributed by atoms with Crippen LogP contribution in [0.2, 0.25) is 5.02 Å². The van der Waals surface area contributed by atoms with E-state index in [1.807, 2.05) is 0 Å². The van der Waals surface area contributed by atoms with Gasteiger partial charge in [-0.25, -0.2) is 4.39 Å². The molecule has 15 heavy (non-hydrogen) atoms. The minimum absolute atomic E-state index is 0.00973. The van der Waals surface area contributed by atoms with Gasteiger partial charge >= 0.3 is 0 Å².